The molecule has 1 unspecified atom stereocenters. The van der Waals surface area contributed by atoms with Crippen LogP contribution in [0.1, 0.15) is 6.92 Å². The van der Waals surface area contributed by atoms with E-state index in [1.165, 1.54) is 12.1 Å². The van der Waals surface area contributed by atoms with Gasteiger partial charge in [-0.1, -0.05) is 12.1 Å². The van der Waals surface area contributed by atoms with Gasteiger partial charge < -0.3 is 10.1 Å². The number of dihydropyridines is 1. The summed E-state index contributed by atoms with van der Waals surface area (Å²) < 4.78 is 5.68. The molecule has 1 heterocycles. The first-order chi connectivity index (χ1) is 8.09. The molecule has 1 aromatic carbocycles. The minimum Gasteiger partial charge on any atom is -0.465 e. The van der Waals surface area contributed by atoms with Crippen molar-refractivity contribution in [3.05, 3.63) is 58.8 Å². The molecule has 1 atom stereocenters. The summed E-state index contributed by atoms with van der Waals surface area (Å²) in [7, 11) is 0. The lowest BCUT2D eigenvalue weighted by Crippen LogP contribution is -2.43. The molecule has 0 amide bonds. The van der Waals surface area contributed by atoms with Crippen molar-refractivity contribution in [1.29, 1.82) is 0 Å². The molecule has 1 N–H and O–H groups in total. The van der Waals surface area contributed by atoms with Crippen LogP contribution in [0.25, 0.3) is 0 Å². The predicted molar refractivity (Wildman–Crippen MR) is 63.5 cm³/mol. The number of allylic oxidation sites excluding steroid dienone is 2. The third-order valence-electron chi connectivity index (χ3n) is 2.35. The van der Waals surface area contributed by atoms with Crippen molar-refractivity contribution in [3.63, 3.8) is 0 Å². The number of nitro benzene ring substituents is 1. The molecule has 0 spiro atoms. The van der Waals surface area contributed by atoms with Crippen LogP contribution in [-0.2, 0) is 0 Å². The summed E-state index contributed by atoms with van der Waals surface area (Å²) >= 11 is 0. The Kier molecular flexibility index (Phi) is 2.82. The second-order valence-electron chi connectivity index (χ2n) is 3.83. The Labute approximate surface area is 98.6 Å². The lowest BCUT2D eigenvalue weighted by molar-refractivity contribution is -0.385. The number of benzene rings is 1. The lowest BCUT2D eigenvalue weighted by atomic mass is 10.2. The summed E-state index contributed by atoms with van der Waals surface area (Å²) in [6.07, 6.45) is 7.30. The van der Waals surface area contributed by atoms with E-state index in [4.69, 9.17) is 4.74 Å². The topological polar surface area (TPSA) is 64.4 Å². The van der Waals surface area contributed by atoms with Crippen molar-refractivity contribution in [2.24, 2.45) is 0 Å². The van der Waals surface area contributed by atoms with Crippen LogP contribution in [0.5, 0.6) is 5.75 Å². The number of ether oxygens (including phenoxy) is 1. The lowest BCUT2D eigenvalue weighted by Gasteiger charge is -2.29. The van der Waals surface area contributed by atoms with Crippen LogP contribution in [0.15, 0.2) is 48.7 Å². The average Bonchev–Trinajstić information content (AvgIpc) is 2.29. The van der Waals surface area contributed by atoms with Gasteiger partial charge in [-0.05, 0) is 25.1 Å². The van der Waals surface area contributed by atoms with Gasteiger partial charge in [-0.15, -0.1) is 0 Å². The van der Waals surface area contributed by atoms with Crippen LogP contribution in [0.3, 0.4) is 0 Å². The number of non-ortho nitro benzene ring substituents is 1. The van der Waals surface area contributed by atoms with E-state index in [0.717, 1.165) is 0 Å². The third kappa shape index (κ3) is 2.63. The Bertz CT molecular complexity index is 496. The fourth-order valence-corrected chi connectivity index (χ4v) is 1.53. The second kappa shape index (κ2) is 4.29. The van der Waals surface area contributed by atoms with E-state index in [9.17, 15) is 10.1 Å². The zero-order valence-corrected chi connectivity index (χ0v) is 9.29. The number of nitro groups is 1. The molecule has 2 rings (SSSR count). The molecular weight excluding hydrogens is 220 g/mol. The first-order valence-corrected chi connectivity index (χ1v) is 5.15. The fraction of sp³-hybridized carbons (Fsp3) is 0.167. The van der Waals surface area contributed by atoms with E-state index in [-0.39, 0.29) is 5.69 Å². The van der Waals surface area contributed by atoms with Gasteiger partial charge in [0.15, 0.2) is 5.72 Å². The largest absolute Gasteiger partial charge is 0.465 e. The van der Waals surface area contributed by atoms with Crippen LogP contribution in [0.4, 0.5) is 5.69 Å². The van der Waals surface area contributed by atoms with Crippen molar-refractivity contribution in [2.75, 3.05) is 0 Å². The summed E-state index contributed by atoms with van der Waals surface area (Å²) in [6.45, 7) is 1.84. The highest BCUT2D eigenvalue weighted by molar-refractivity contribution is 5.38. The van der Waals surface area contributed by atoms with E-state index < -0.39 is 10.6 Å². The van der Waals surface area contributed by atoms with Crippen molar-refractivity contribution < 1.29 is 9.66 Å². The van der Waals surface area contributed by atoms with Gasteiger partial charge in [0.25, 0.3) is 5.69 Å². The summed E-state index contributed by atoms with van der Waals surface area (Å²) in [5.74, 6) is 0.453. The molecule has 17 heavy (non-hydrogen) atoms. The van der Waals surface area contributed by atoms with Gasteiger partial charge in [0, 0.05) is 12.3 Å². The molecule has 0 aliphatic carbocycles. The van der Waals surface area contributed by atoms with Gasteiger partial charge in [0.1, 0.15) is 5.75 Å². The first kappa shape index (κ1) is 11.2. The minimum absolute atomic E-state index is 0.0152. The zero-order chi connectivity index (χ0) is 12.3. The molecule has 5 nitrogen and oxygen atoms in total. The molecule has 0 fully saturated rings. The maximum Gasteiger partial charge on any atom is 0.273 e. The molecular formula is C12H12N2O3. The summed E-state index contributed by atoms with van der Waals surface area (Å²) in [5, 5.41) is 13.7. The molecule has 1 aliphatic rings. The Morgan fingerprint density at radius 1 is 1.41 bits per heavy atom. The van der Waals surface area contributed by atoms with Gasteiger partial charge in [-0.3, -0.25) is 10.1 Å². The van der Waals surface area contributed by atoms with Crippen LogP contribution in [0.2, 0.25) is 0 Å². The van der Waals surface area contributed by atoms with Crippen LogP contribution in [-0.4, -0.2) is 10.6 Å². The molecule has 1 aliphatic heterocycles. The SMILES string of the molecule is CC1(Oc2cccc([N+](=O)[O-])c2)C=CC=CN1. The summed E-state index contributed by atoms with van der Waals surface area (Å²) in [4.78, 5) is 10.2. The molecule has 0 saturated carbocycles. The monoisotopic (exact) mass is 232 g/mol. The molecule has 0 saturated heterocycles. The van der Waals surface area contributed by atoms with Crippen LogP contribution in [0, 0.1) is 10.1 Å². The van der Waals surface area contributed by atoms with E-state index in [0.29, 0.717) is 5.75 Å². The number of nitrogens with zero attached hydrogens (tertiary/aromatic N) is 1. The van der Waals surface area contributed by atoms with Gasteiger partial charge in [-0.25, -0.2) is 0 Å². The zero-order valence-electron chi connectivity index (χ0n) is 9.29. The number of rotatable bonds is 3. The molecule has 88 valence electrons. The fourth-order valence-electron chi connectivity index (χ4n) is 1.53. The Hall–Kier alpha value is -2.30. The molecule has 5 heteroatoms. The maximum atomic E-state index is 10.6. The van der Waals surface area contributed by atoms with Gasteiger partial charge >= 0.3 is 0 Å². The Morgan fingerprint density at radius 2 is 2.24 bits per heavy atom. The molecule has 0 radical (unpaired) electrons. The summed E-state index contributed by atoms with van der Waals surface area (Å²) in [6, 6.07) is 6.11. The normalized spacial score (nSPS) is 21.9. The summed E-state index contributed by atoms with van der Waals surface area (Å²) in [5.41, 5.74) is -0.661. The van der Waals surface area contributed by atoms with E-state index in [2.05, 4.69) is 5.32 Å². The van der Waals surface area contributed by atoms with Crippen molar-refractivity contribution in [2.45, 2.75) is 12.6 Å². The van der Waals surface area contributed by atoms with Gasteiger partial charge in [0.05, 0.1) is 11.0 Å². The van der Waals surface area contributed by atoms with Crippen molar-refractivity contribution in [3.8, 4) is 5.75 Å². The van der Waals surface area contributed by atoms with E-state index in [1.807, 2.05) is 25.2 Å². The van der Waals surface area contributed by atoms with Crippen molar-refractivity contribution >= 4 is 5.69 Å². The Balaban J connectivity index is 2.18. The minimum atomic E-state index is -0.677. The highest BCUT2D eigenvalue weighted by Gasteiger charge is 2.22. The highest BCUT2D eigenvalue weighted by Crippen LogP contribution is 2.23. The van der Waals surface area contributed by atoms with Crippen LogP contribution >= 0.6 is 0 Å². The quantitative estimate of drug-likeness (QED) is 0.641. The van der Waals surface area contributed by atoms with Gasteiger partial charge in [-0.2, -0.15) is 0 Å². The third-order valence-corrected chi connectivity index (χ3v) is 2.35. The molecule has 1 aromatic rings. The Morgan fingerprint density at radius 3 is 2.88 bits per heavy atom. The molecule has 0 bridgehead atoms. The first-order valence-electron chi connectivity index (χ1n) is 5.15. The molecule has 0 aromatic heterocycles. The van der Waals surface area contributed by atoms with Gasteiger partial charge in [0.2, 0.25) is 0 Å². The van der Waals surface area contributed by atoms with E-state index >= 15 is 0 Å². The average molecular weight is 232 g/mol. The van der Waals surface area contributed by atoms with E-state index in [1.54, 1.807) is 18.3 Å². The maximum absolute atomic E-state index is 10.6. The second-order valence-corrected chi connectivity index (χ2v) is 3.83. The van der Waals surface area contributed by atoms with Crippen LogP contribution < -0.4 is 10.1 Å². The highest BCUT2D eigenvalue weighted by atomic mass is 16.6. The standard InChI is InChI=1S/C12H12N2O3/c1-12(7-2-3-8-13-12)17-11-6-4-5-10(9-11)14(15)16/h2-9,13H,1H3. The number of nitrogens with one attached hydrogen (secondary N) is 1. The smallest absolute Gasteiger partial charge is 0.273 e. The van der Waals surface area contributed by atoms with Crippen molar-refractivity contribution in [1.82, 2.24) is 5.32 Å². The number of hydrogen-bond acceptors (Lipinski definition) is 4. The number of hydrogen-bond donors (Lipinski definition) is 1. The predicted octanol–water partition coefficient (Wildman–Crippen LogP) is 2.36.